The van der Waals surface area contributed by atoms with Crippen molar-refractivity contribution in [3.63, 3.8) is 0 Å². The number of hydrogen-bond acceptors (Lipinski definition) is 6. The molecule has 0 atom stereocenters. The highest BCUT2D eigenvalue weighted by molar-refractivity contribution is 7.98. The Morgan fingerprint density at radius 1 is 1.25 bits per heavy atom. The maximum absolute atomic E-state index is 12.8. The van der Waals surface area contributed by atoms with Gasteiger partial charge in [0.05, 0.1) is 25.0 Å². The van der Waals surface area contributed by atoms with Gasteiger partial charge in [0.25, 0.3) is 11.6 Å². The first-order valence-electron chi connectivity index (χ1n) is 9.04. The van der Waals surface area contributed by atoms with Crippen LogP contribution in [-0.2, 0) is 0 Å². The molecule has 1 amide bonds. The standard InChI is InChI=1S/C20H19N3O3S2/c1-27-18-7-6-14(12-16(18)23(25)26)20(24)22-10-8-13(9-11-22)19-21-15-4-2-3-5-17(15)28-19/h2-7,12-13H,8-11H2,1H3. The normalized spacial score (nSPS) is 15.1. The first-order chi connectivity index (χ1) is 13.6. The van der Waals surface area contributed by atoms with Gasteiger partial charge < -0.3 is 4.90 Å². The van der Waals surface area contributed by atoms with Crippen molar-refractivity contribution >= 4 is 44.9 Å². The van der Waals surface area contributed by atoms with E-state index < -0.39 is 4.92 Å². The van der Waals surface area contributed by atoms with Crippen LogP contribution in [0.5, 0.6) is 0 Å². The molecule has 6 nitrogen and oxygen atoms in total. The number of carbonyl (C=O) groups excluding carboxylic acids is 1. The topological polar surface area (TPSA) is 76.3 Å². The van der Waals surface area contributed by atoms with Crippen LogP contribution < -0.4 is 0 Å². The number of piperidine rings is 1. The minimum atomic E-state index is -0.429. The predicted octanol–water partition coefficient (Wildman–Crippen LogP) is 4.95. The van der Waals surface area contributed by atoms with Gasteiger partial charge in [-0.15, -0.1) is 23.1 Å². The van der Waals surface area contributed by atoms with Crippen LogP contribution in [0.1, 0.15) is 34.1 Å². The molecule has 0 radical (unpaired) electrons. The second-order valence-corrected chi connectivity index (χ2v) is 8.64. The first kappa shape index (κ1) is 18.9. The Bertz CT molecular complexity index is 1010. The quantitative estimate of drug-likeness (QED) is 0.344. The molecule has 0 N–H and O–H groups in total. The van der Waals surface area contributed by atoms with Gasteiger partial charge >= 0.3 is 0 Å². The molecule has 0 saturated carbocycles. The van der Waals surface area contributed by atoms with Crippen LogP contribution in [0, 0.1) is 10.1 Å². The third-order valence-electron chi connectivity index (χ3n) is 5.06. The Balaban J connectivity index is 1.46. The van der Waals surface area contributed by atoms with E-state index in [2.05, 4.69) is 6.07 Å². The van der Waals surface area contributed by atoms with E-state index in [-0.39, 0.29) is 11.6 Å². The molecule has 3 aromatic rings. The summed E-state index contributed by atoms with van der Waals surface area (Å²) in [6.07, 6.45) is 3.50. The summed E-state index contributed by atoms with van der Waals surface area (Å²) in [4.78, 5) is 30.8. The van der Waals surface area contributed by atoms with Crippen LogP contribution in [0.4, 0.5) is 5.69 Å². The molecule has 0 aliphatic carbocycles. The Morgan fingerprint density at radius 2 is 2.00 bits per heavy atom. The van der Waals surface area contributed by atoms with Crippen molar-refractivity contribution < 1.29 is 9.72 Å². The van der Waals surface area contributed by atoms with Gasteiger partial charge in [0, 0.05) is 30.6 Å². The predicted molar refractivity (Wildman–Crippen MR) is 112 cm³/mol. The van der Waals surface area contributed by atoms with Crippen molar-refractivity contribution in [3.05, 3.63) is 63.1 Å². The average Bonchev–Trinajstić information content (AvgIpc) is 3.17. The van der Waals surface area contributed by atoms with Gasteiger partial charge in [0.1, 0.15) is 0 Å². The minimum absolute atomic E-state index is 0.0114. The fourth-order valence-electron chi connectivity index (χ4n) is 3.54. The highest BCUT2D eigenvalue weighted by Crippen LogP contribution is 2.34. The SMILES string of the molecule is CSc1ccc(C(=O)N2CCC(c3nc4ccccc4s3)CC2)cc1[N+](=O)[O-]. The number of carbonyl (C=O) groups is 1. The monoisotopic (exact) mass is 413 g/mol. The molecular weight excluding hydrogens is 394 g/mol. The molecule has 1 aliphatic heterocycles. The fraction of sp³-hybridized carbons (Fsp3) is 0.300. The number of benzene rings is 2. The number of thioether (sulfide) groups is 1. The largest absolute Gasteiger partial charge is 0.339 e. The van der Waals surface area contributed by atoms with E-state index in [1.807, 2.05) is 18.2 Å². The number of nitro groups is 1. The number of fused-ring (bicyclic) bond motifs is 1. The molecule has 0 bridgehead atoms. The second kappa shape index (κ2) is 7.89. The zero-order valence-corrected chi connectivity index (χ0v) is 17.0. The molecule has 2 heterocycles. The lowest BCUT2D eigenvalue weighted by Gasteiger charge is -2.31. The summed E-state index contributed by atoms with van der Waals surface area (Å²) in [5.41, 5.74) is 1.40. The lowest BCUT2D eigenvalue weighted by atomic mass is 9.97. The van der Waals surface area contributed by atoms with Gasteiger partial charge in [-0.05, 0) is 43.4 Å². The van der Waals surface area contributed by atoms with E-state index in [1.54, 1.807) is 34.6 Å². The van der Waals surface area contributed by atoms with Crippen molar-refractivity contribution in [2.45, 2.75) is 23.7 Å². The van der Waals surface area contributed by atoms with E-state index in [0.29, 0.717) is 29.5 Å². The number of nitro benzene ring substituents is 1. The Kier molecular flexibility index (Phi) is 5.32. The third kappa shape index (κ3) is 3.62. The number of likely N-dealkylation sites (tertiary alicyclic amines) is 1. The second-order valence-electron chi connectivity index (χ2n) is 6.73. The van der Waals surface area contributed by atoms with E-state index in [1.165, 1.54) is 22.5 Å². The lowest BCUT2D eigenvalue weighted by molar-refractivity contribution is -0.387. The zero-order valence-electron chi connectivity index (χ0n) is 15.3. The van der Waals surface area contributed by atoms with Gasteiger partial charge in [-0.25, -0.2) is 4.98 Å². The number of aromatic nitrogens is 1. The van der Waals surface area contributed by atoms with Crippen LogP contribution in [0.3, 0.4) is 0 Å². The molecule has 8 heteroatoms. The van der Waals surface area contributed by atoms with Crippen LogP contribution in [-0.4, -0.2) is 40.1 Å². The molecule has 1 saturated heterocycles. The fourth-order valence-corrected chi connectivity index (χ4v) is 5.23. The van der Waals surface area contributed by atoms with Crippen LogP contribution in [0.2, 0.25) is 0 Å². The number of thiazole rings is 1. The summed E-state index contributed by atoms with van der Waals surface area (Å²) >= 11 is 3.03. The molecule has 1 aliphatic rings. The Morgan fingerprint density at radius 3 is 2.68 bits per heavy atom. The first-order valence-corrected chi connectivity index (χ1v) is 11.1. The van der Waals surface area contributed by atoms with Crippen LogP contribution in [0.25, 0.3) is 10.2 Å². The lowest BCUT2D eigenvalue weighted by Crippen LogP contribution is -2.37. The van der Waals surface area contributed by atoms with E-state index in [0.717, 1.165) is 23.4 Å². The summed E-state index contributed by atoms with van der Waals surface area (Å²) in [6.45, 7) is 1.27. The molecule has 1 fully saturated rings. The molecule has 28 heavy (non-hydrogen) atoms. The van der Waals surface area contributed by atoms with Crippen molar-refractivity contribution in [3.8, 4) is 0 Å². The highest BCUT2D eigenvalue weighted by Gasteiger charge is 2.27. The smallest absolute Gasteiger partial charge is 0.283 e. The molecule has 0 unspecified atom stereocenters. The van der Waals surface area contributed by atoms with E-state index in [4.69, 9.17) is 4.98 Å². The minimum Gasteiger partial charge on any atom is -0.339 e. The van der Waals surface area contributed by atoms with Crippen molar-refractivity contribution in [1.29, 1.82) is 0 Å². The van der Waals surface area contributed by atoms with Gasteiger partial charge in [0.15, 0.2) is 0 Å². The van der Waals surface area contributed by atoms with Crippen molar-refractivity contribution in [1.82, 2.24) is 9.88 Å². The highest BCUT2D eigenvalue weighted by atomic mass is 32.2. The van der Waals surface area contributed by atoms with Crippen molar-refractivity contribution in [2.75, 3.05) is 19.3 Å². The van der Waals surface area contributed by atoms with Crippen LogP contribution >= 0.6 is 23.1 Å². The molecule has 144 valence electrons. The molecule has 2 aromatic carbocycles. The van der Waals surface area contributed by atoms with Gasteiger partial charge in [-0.2, -0.15) is 0 Å². The third-order valence-corrected chi connectivity index (χ3v) is 7.05. The summed E-state index contributed by atoms with van der Waals surface area (Å²) < 4.78 is 1.19. The molecule has 1 aromatic heterocycles. The number of para-hydroxylation sites is 1. The van der Waals surface area contributed by atoms with E-state index in [9.17, 15) is 14.9 Å². The van der Waals surface area contributed by atoms with Gasteiger partial charge in [-0.1, -0.05) is 12.1 Å². The van der Waals surface area contributed by atoms with E-state index >= 15 is 0 Å². The summed E-state index contributed by atoms with van der Waals surface area (Å²) in [5, 5.41) is 12.4. The summed E-state index contributed by atoms with van der Waals surface area (Å²) in [5.74, 6) is 0.216. The van der Waals surface area contributed by atoms with Crippen molar-refractivity contribution in [2.24, 2.45) is 0 Å². The number of hydrogen-bond donors (Lipinski definition) is 0. The van der Waals surface area contributed by atoms with Crippen LogP contribution in [0.15, 0.2) is 47.4 Å². The maximum Gasteiger partial charge on any atom is 0.283 e. The Labute approximate surface area is 170 Å². The Hall–Kier alpha value is -2.45. The molecule has 4 rings (SSSR count). The number of rotatable bonds is 4. The molecular formula is C20H19N3O3S2. The summed E-state index contributed by atoms with van der Waals surface area (Å²) in [6, 6.07) is 12.9. The maximum atomic E-state index is 12.8. The molecule has 0 spiro atoms. The number of nitrogens with zero attached hydrogens (tertiary/aromatic N) is 3. The van der Waals surface area contributed by atoms with Gasteiger partial charge in [-0.3, -0.25) is 14.9 Å². The number of amides is 1. The zero-order chi connectivity index (χ0) is 19.7. The summed E-state index contributed by atoms with van der Waals surface area (Å²) in [7, 11) is 0. The van der Waals surface area contributed by atoms with Gasteiger partial charge in [0.2, 0.25) is 0 Å². The average molecular weight is 414 g/mol.